The summed E-state index contributed by atoms with van der Waals surface area (Å²) in [4.78, 5) is 0. The Hall–Kier alpha value is -12.2. The normalized spacial score (nSPS) is 12.3. The Morgan fingerprint density at radius 3 is 0.511 bits per heavy atom. The van der Waals surface area contributed by atoms with Crippen molar-refractivity contribution in [2.24, 2.45) is 0 Å². The Balaban J connectivity index is 1.10. The molecule has 0 aromatic heterocycles. The van der Waals surface area contributed by atoms with Crippen molar-refractivity contribution in [2.45, 2.75) is 0 Å². The fraction of sp³-hybridized carbons (Fsp3) is 0. The summed E-state index contributed by atoms with van der Waals surface area (Å²) in [6.45, 7) is 0. The standard InChI is InChI=1S/C94H54/c1-9-27-55(28-10-1)67-49-75-85-71(59-35-17-5-18-36-59)53-79-88-74(62-41-23-8-24-42-62)52-78-84-70(58-33-15-4-16-34-58)48-64-44-26-46-66-68(56-29-11-2-12-30-56)50-76(90(84)82(64)66)86-72(60-37-19-6-20-38-60)54-80(94(88)92(78)86)87-73(61-39-21-7-22-40-61)51-77(91(85)93(79)87)83-69(57-31-13-3-14-32-57)47-63-43-25-45-65(67)81(63)89(75)83/h1-54H. The van der Waals surface area contributed by atoms with E-state index in [1.165, 1.54) is 218 Å². The van der Waals surface area contributed by atoms with Crippen LogP contribution in [0.5, 0.6) is 0 Å². The van der Waals surface area contributed by atoms with Crippen molar-refractivity contribution in [3.63, 3.8) is 0 Å². The van der Waals surface area contributed by atoms with E-state index in [1.54, 1.807) is 0 Å². The molecule has 0 saturated heterocycles. The molecule has 0 aliphatic carbocycles. The molecule has 0 bridgehead atoms. The summed E-state index contributed by atoms with van der Waals surface area (Å²) in [6.07, 6.45) is 0. The van der Waals surface area contributed by atoms with Gasteiger partial charge in [-0.05, 0) is 267 Å². The van der Waals surface area contributed by atoms with E-state index in [0.29, 0.717) is 0 Å². The Labute approximate surface area is 542 Å². The van der Waals surface area contributed by atoms with Gasteiger partial charge in [-0.2, -0.15) is 0 Å². The highest BCUT2D eigenvalue weighted by molar-refractivity contribution is 6.53. The van der Waals surface area contributed by atoms with Crippen molar-refractivity contribution in [3.8, 4) is 89.0 Å². The minimum atomic E-state index is 1.19. The minimum Gasteiger partial charge on any atom is -0.0622 e. The largest absolute Gasteiger partial charge is 0.0622 e. The molecule has 0 amide bonds. The van der Waals surface area contributed by atoms with E-state index >= 15 is 0 Å². The van der Waals surface area contributed by atoms with Gasteiger partial charge in [-0.25, -0.2) is 0 Å². The topological polar surface area (TPSA) is 0 Å². The van der Waals surface area contributed by atoms with Crippen molar-refractivity contribution in [1.82, 2.24) is 0 Å². The van der Waals surface area contributed by atoms with Crippen LogP contribution in [0.4, 0.5) is 0 Å². The van der Waals surface area contributed by atoms with Crippen LogP contribution in [-0.4, -0.2) is 0 Å². The van der Waals surface area contributed by atoms with E-state index in [2.05, 4.69) is 328 Å². The van der Waals surface area contributed by atoms with Gasteiger partial charge in [-0.15, -0.1) is 0 Å². The number of hydrogen-bond acceptors (Lipinski definition) is 0. The number of rotatable bonds is 8. The minimum absolute atomic E-state index is 1.19. The van der Waals surface area contributed by atoms with E-state index in [0.717, 1.165) is 0 Å². The van der Waals surface area contributed by atoms with E-state index in [4.69, 9.17) is 0 Å². The number of hydrogen-bond donors (Lipinski definition) is 0. The summed E-state index contributed by atoms with van der Waals surface area (Å²) in [6, 6.07) is 125. The number of benzene rings is 21. The summed E-state index contributed by atoms with van der Waals surface area (Å²) < 4.78 is 0. The van der Waals surface area contributed by atoms with Gasteiger partial charge < -0.3 is 0 Å². The molecule has 430 valence electrons. The second-order valence-electron chi connectivity index (χ2n) is 25.9. The lowest BCUT2D eigenvalue weighted by Gasteiger charge is -2.29. The van der Waals surface area contributed by atoms with Gasteiger partial charge in [0.05, 0.1) is 0 Å². The molecule has 0 N–H and O–H groups in total. The van der Waals surface area contributed by atoms with Gasteiger partial charge in [0.15, 0.2) is 0 Å². The van der Waals surface area contributed by atoms with E-state index in [9.17, 15) is 0 Å². The summed E-state index contributed by atoms with van der Waals surface area (Å²) in [5.74, 6) is 0. The first-order chi connectivity index (χ1) is 46.7. The predicted molar refractivity (Wildman–Crippen MR) is 405 cm³/mol. The van der Waals surface area contributed by atoms with Gasteiger partial charge in [-0.1, -0.05) is 279 Å². The zero-order valence-electron chi connectivity index (χ0n) is 51.2. The molecular weight excluding hydrogens is 1130 g/mol. The average Bonchev–Trinajstić information content (AvgIpc) is 0.664. The summed E-state index contributed by atoms with van der Waals surface area (Å²) in [7, 11) is 0. The fourth-order valence-electron chi connectivity index (χ4n) is 17.4. The molecule has 0 heterocycles. The Bertz CT molecular complexity index is 6190. The molecule has 21 aromatic rings. The van der Waals surface area contributed by atoms with Gasteiger partial charge in [0.25, 0.3) is 0 Å². The fourth-order valence-corrected chi connectivity index (χ4v) is 17.4. The smallest absolute Gasteiger partial charge is 0.000695 e. The van der Waals surface area contributed by atoms with Crippen molar-refractivity contribution in [2.75, 3.05) is 0 Å². The lowest BCUT2D eigenvalue weighted by atomic mass is 9.73. The van der Waals surface area contributed by atoms with Crippen LogP contribution in [0, 0.1) is 0 Å². The second kappa shape index (κ2) is 19.6. The molecule has 0 fully saturated rings. The third-order valence-corrected chi connectivity index (χ3v) is 21.1. The monoisotopic (exact) mass is 1180 g/mol. The van der Waals surface area contributed by atoms with Crippen molar-refractivity contribution in [1.29, 1.82) is 0 Å². The van der Waals surface area contributed by atoms with Gasteiger partial charge in [0, 0.05) is 0 Å². The van der Waals surface area contributed by atoms with Crippen LogP contribution < -0.4 is 0 Å². The van der Waals surface area contributed by atoms with E-state index in [-0.39, 0.29) is 0 Å². The van der Waals surface area contributed by atoms with Gasteiger partial charge in [0.1, 0.15) is 0 Å². The van der Waals surface area contributed by atoms with Gasteiger partial charge in [-0.3, -0.25) is 0 Å². The molecule has 0 aliphatic rings. The molecule has 94 heavy (non-hydrogen) atoms. The lowest BCUT2D eigenvalue weighted by molar-refractivity contribution is 1.65. The summed E-state index contributed by atoms with van der Waals surface area (Å²) in [5, 5.41) is 30.6. The summed E-state index contributed by atoms with van der Waals surface area (Å²) >= 11 is 0. The molecule has 0 heteroatoms. The van der Waals surface area contributed by atoms with Crippen LogP contribution in [0.15, 0.2) is 328 Å². The molecule has 0 aliphatic heterocycles. The van der Waals surface area contributed by atoms with Gasteiger partial charge in [0.2, 0.25) is 0 Å². The molecule has 0 nitrogen and oxygen atoms in total. The van der Waals surface area contributed by atoms with E-state index < -0.39 is 0 Å². The maximum absolute atomic E-state index is 2.65. The first-order valence-corrected chi connectivity index (χ1v) is 32.9. The van der Waals surface area contributed by atoms with Crippen LogP contribution in [-0.2, 0) is 0 Å². The highest BCUT2D eigenvalue weighted by Crippen LogP contribution is 2.61. The second-order valence-corrected chi connectivity index (χ2v) is 25.9. The maximum atomic E-state index is 2.65. The summed E-state index contributed by atoms with van der Waals surface area (Å²) in [5.41, 5.74) is 19.4. The molecule has 0 atom stereocenters. The van der Waals surface area contributed by atoms with Crippen LogP contribution in [0.25, 0.3) is 218 Å². The molecule has 0 saturated carbocycles. The highest BCUT2D eigenvalue weighted by Gasteiger charge is 2.32. The first kappa shape index (κ1) is 51.5. The molecule has 21 aromatic carbocycles. The molecule has 0 unspecified atom stereocenters. The lowest BCUT2D eigenvalue weighted by Crippen LogP contribution is -2.00. The third kappa shape index (κ3) is 7.12. The quantitative estimate of drug-likeness (QED) is 0.105. The third-order valence-electron chi connectivity index (χ3n) is 21.1. The molecule has 21 rings (SSSR count). The average molecular weight is 1180 g/mol. The zero-order valence-corrected chi connectivity index (χ0v) is 51.2. The molecule has 0 radical (unpaired) electrons. The van der Waals surface area contributed by atoms with Crippen LogP contribution in [0.1, 0.15) is 0 Å². The van der Waals surface area contributed by atoms with Crippen LogP contribution in [0.2, 0.25) is 0 Å². The first-order valence-electron chi connectivity index (χ1n) is 32.9. The van der Waals surface area contributed by atoms with Crippen molar-refractivity contribution >= 4 is 129 Å². The predicted octanol–water partition coefficient (Wildman–Crippen LogP) is 26.6. The number of fused-ring (bicyclic) bond motifs is 6. The SMILES string of the molecule is c1ccc(-c2cc3c4c(-c5ccccc5)cc5c6c(-c7ccccc7)cc7c8c(-c9ccccc9)cc9cccc%10c(-c%11ccccc%11)cc(c%11c(-c%12ccccc%12)cc(c%12c(-c%13ccccc%13)cc(c%13c(-c%14ccccc%14)cc%14cccc2c%14c3%13)c4c5%12)c6c7%11)c8c9%10)cc1. The Morgan fingerprint density at radius 1 is 0.106 bits per heavy atom. The van der Waals surface area contributed by atoms with Crippen LogP contribution >= 0.6 is 0 Å². The zero-order chi connectivity index (χ0) is 61.3. The maximum Gasteiger partial charge on any atom is -0.000695 e. The van der Waals surface area contributed by atoms with E-state index in [1.807, 2.05) is 0 Å². The van der Waals surface area contributed by atoms with Crippen molar-refractivity contribution < 1.29 is 0 Å². The molecular formula is C94H54. The van der Waals surface area contributed by atoms with Gasteiger partial charge >= 0.3 is 0 Å². The molecule has 0 spiro atoms. The van der Waals surface area contributed by atoms with Crippen molar-refractivity contribution in [3.05, 3.63) is 328 Å². The Kier molecular flexibility index (Phi) is 10.8. The van der Waals surface area contributed by atoms with Crippen LogP contribution in [0.3, 0.4) is 0 Å². The Morgan fingerprint density at radius 2 is 0.287 bits per heavy atom. The highest BCUT2D eigenvalue weighted by atomic mass is 14.3.